The van der Waals surface area contributed by atoms with E-state index < -0.39 is 6.10 Å². The molecule has 0 heterocycles. The maximum absolute atomic E-state index is 11.7. The molecule has 0 saturated carbocycles. The van der Waals surface area contributed by atoms with Crippen LogP contribution in [0.3, 0.4) is 0 Å². The van der Waals surface area contributed by atoms with Crippen LogP contribution >= 0.6 is 0 Å². The van der Waals surface area contributed by atoms with Crippen LogP contribution in [0.15, 0.2) is 30.3 Å². The first-order valence-corrected chi connectivity index (χ1v) is 7.66. The Morgan fingerprint density at radius 2 is 1.58 bits per heavy atom. The lowest BCUT2D eigenvalue weighted by Gasteiger charge is -2.10. The highest BCUT2D eigenvalue weighted by Gasteiger charge is 2.06. The molecule has 107 valence electrons. The predicted octanol–water partition coefficient (Wildman–Crippen LogP) is 5.01. The lowest BCUT2D eigenvalue weighted by atomic mass is 10.1. The van der Waals surface area contributed by atoms with Gasteiger partial charge in [0, 0.05) is 0 Å². The molecule has 2 heteroatoms. The standard InChI is InChI=1S/C17H27O2/c1-2-3-4-5-6-7-9-12-16(18)15-19-17-13-10-8-11-14-17/h8,10-11,13-14,16H,2-7,9,12,15H2,1H3. The summed E-state index contributed by atoms with van der Waals surface area (Å²) >= 11 is 0. The van der Waals surface area contributed by atoms with Crippen molar-refractivity contribution in [1.29, 1.82) is 0 Å². The zero-order valence-electron chi connectivity index (χ0n) is 12.1. The van der Waals surface area contributed by atoms with Crippen LogP contribution < -0.4 is 4.74 Å². The summed E-state index contributed by atoms with van der Waals surface area (Å²) in [5.41, 5.74) is 0. The number of para-hydroxylation sites is 1. The molecule has 1 aromatic rings. The summed E-state index contributed by atoms with van der Waals surface area (Å²) in [7, 11) is 0. The molecule has 1 atom stereocenters. The summed E-state index contributed by atoms with van der Waals surface area (Å²) in [6, 6.07) is 9.57. The highest BCUT2D eigenvalue weighted by atomic mass is 16.5. The van der Waals surface area contributed by atoms with Gasteiger partial charge in [-0.15, -0.1) is 0 Å². The van der Waals surface area contributed by atoms with Crippen molar-refractivity contribution in [3.63, 3.8) is 0 Å². The van der Waals surface area contributed by atoms with Gasteiger partial charge in [-0.25, -0.2) is 5.11 Å². The lowest BCUT2D eigenvalue weighted by Crippen LogP contribution is -2.15. The Balaban J connectivity index is 1.95. The van der Waals surface area contributed by atoms with Gasteiger partial charge in [0.2, 0.25) is 0 Å². The van der Waals surface area contributed by atoms with Gasteiger partial charge in [-0.3, -0.25) is 0 Å². The van der Waals surface area contributed by atoms with E-state index in [0.29, 0.717) is 6.61 Å². The molecular formula is C17H27O2. The molecule has 0 fully saturated rings. The van der Waals surface area contributed by atoms with Crippen LogP contribution in [0, 0.1) is 0 Å². The minimum Gasteiger partial charge on any atom is -0.491 e. The molecule has 0 aliphatic carbocycles. The van der Waals surface area contributed by atoms with Crippen molar-refractivity contribution >= 4 is 0 Å². The van der Waals surface area contributed by atoms with Crippen molar-refractivity contribution in [3.8, 4) is 5.75 Å². The second-order valence-corrected chi connectivity index (χ2v) is 5.16. The highest BCUT2D eigenvalue weighted by molar-refractivity contribution is 5.20. The van der Waals surface area contributed by atoms with Gasteiger partial charge in [0.25, 0.3) is 0 Å². The van der Waals surface area contributed by atoms with Gasteiger partial charge in [-0.05, 0) is 18.6 Å². The summed E-state index contributed by atoms with van der Waals surface area (Å²) in [5, 5.41) is 11.7. The number of hydrogen-bond donors (Lipinski definition) is 0. The van der Waals surface area contributed by atoms with Crippen molar-refractivity contribution in [2.45, 2.75) is 64.4 Å². The third-order valence-corrected chi connectivity index (χ3v) is 3.31. The normalized spacial score (nSPS) is 12.3. The van der Waals surface area contributed by atoms with Crippen molar-refractivity contribution < 1.29 is 9.84 Å². The summed E-state index contributed by atoms with van der Waals surface area (Å²) in [6.45, 7) is 2.52. The average Bonchev–Trinajstić information content (AvgIpc) is 2.45. The largest absolute Gasteiger partial charge is 0.491 e. The van der Waals surface area contributed by atoms with E-state index in [2.05, 4.69) is 6.92 Å². The van der Waals surface area contributed by atoms with Crippen LogP contribution in [0.25, 0.3) is 0 Å². The first kappa shape index (κ1) is 16.0. The molecule has 0 bridgehead atoms. The Hall–Kier alpha value is -1.02. The fourth-order valence-electron chi connectivity index (χ4n) is 2.12. The SMILES string of the molecule is CCCCCCCCCC([O])COc1ccccc1. The van der Waals surface area contributed by atoms with Gasteiger partial charge in [0.1, 0.15) is 18.5 Å². The number of unbranched alkanes of at least 4 members (excludes halogenated alkanes) is 6. The molecule has 0 aliphatic heterocycles. The van der Waals surface area contributed by atoms with E-state index in [4.69, 9.17) is 4.74 Å². The van der Waals surface area contributed by atoms with Crippen LogP contribution in [0.1, 0.15) is 58.3 Å². The van der Waals surface area contributed by atoms with Gasteiger partial charge in [-0.1, -0.05) is 70.1 Å². The van der Waals surface area contributed by atoms with E-state index >= 15 is 0 Å². The van der Waals surface area contributed by atoms with Crippen LogP contribution in [0.5, 0.6) is 5.75 Å². The molecule has 0 aromatic heterocycles. The van der Waals surface area contributed by atoms with E-state index in [1.54, 1.807) is 0 Å². The van der Waals surface area contributed by atoms with Crippen molar-refractivity contribution in [3.05, 3.63) is 30.3 Å². The second kappa shape index (κ2) is 10.9. The molecule has 2 nitrogen and oxygen atoms in total. The molecule has 0 aliphatic rings. The zero-order valence-corrected chi connectivity index (χ0v) is 12.1. The van der Waals surface area contributed by atoms with E-state index in [1.165, 1.54) is 38.5 Å². The number of rotatable bonds is 11. The van der Waals surface area contributed by atoms with E-state index in [1.807, 2.05) is 30.3 Å². The molecule has 1 rings (SSSR count). The van der Waals surface area contributed by atoms with Crippen molar-refractivity contribution in [1.82, 2.24) is 0 Å². The Kier molecular flexibility index (Phi) is 9.17. The minimum atomic E-state index is -0.587. The van der Waals surface area contributed by atoms with Gasteiger partial charge in [0.05, 0.1) is 0 Å². The van der Waals surface area contributed by atoms with E-state index in [0.717, 1.165) is 18.6 Å². The molecule has 0 saturated heterocycles. The number of hydrogen-bond acceptors (Lipinski definition) is 1. The molecule has 19 heavy (non-hydrogen) atoms. The van der Waals surface area contributed by atoms with Crippen molar-refractivity contribution in [2.24, 2.45) is 0 Å². The first-order chi connectivity index (χ1) is 9.33. The van der Waals surface area contributed by atoms with Gasteiger partial charge >= 0.3 is 0 Å². The van der Waals surface area contributed by atoms with Crippen molar-refractivity contribution in [2.75, 3.05) is 6.61 Å². The van der Waals surface area contributed by atoms with E-state index in [-0.39, 0.29) is 0 Å². The van der Waals surface area contributed by atoms with Crippen LogP contribution in [0.2, 0.25) is 0 Å². The molecule has 1 unspecified atom stereocenters. The van der Waals surface area contributed by atoms with Crippen LogP contribution in [-0.2, 0) is 5.11 Å². The van der Waals surface area contributed by atoms with Crippen LogP contribution in [0.4, 0.5) is 0 Å². The second-order valence-electron chi connectivity index (χ2n) is 5.16. The van der Waals surface area contributed by atoms with E-state index in [9.17, 15) is 5.11 Å². The maximum atomic E-state index is 11.7. The minimum absolute atomic E-state index is 0.292. The summed E-state index contributed by atoms with van der Waals surface area (Å²) < 4.78 is 5.47. The average molecular weight is 263 g/mol. The Labute approximate surface area is 117 Å². The summed E-state index contributed by atoms with van der Waals surface area (Å²) in [5.74, 6) is 0.794. The predicted molar refractivity (Wildman–Crippen MR) is 79.0 cm³/mol. The fourth-order valence-corrected chi connectivity index (χ4v) is 2.12. The molecular weight excluding hydrogens is 236 g/mol. The smallest absolute Gasteiger partial charge is 0.127 e. The van der Waals surface area contributed by atoms with Crippen LogP contribution in [-0.4, -0.2) is 12.7 Å². The quantitative estimate of drug-likeness (QED) is 0.516. The lowest BCUT2D eigenvalue weighted by molar-refractivity contribution is 0.0362. The molecule has 0 N–H and O–H groups in total. The monoisotopic (exact) mass is 263 g/mol. The third kappa shape index (κ3) is 8.66. The van der Waals surface area contributed by atoms with Gasteiger partial charge in [0.15, 0.2) is 0 Å². The fraction of sp³-hybridized carbons (Fsp3) is 0.647. The summed E-state index contributed by atoms with van der Waals surface area (Å²) in [4.78, 5) is 0. The Morgan fingerprint density at radius 1 is 0.947 bits per heavy atom. The van der Waals surface area contributed by atoms with Gasteiger partial charge < -0.3 is 4.74 Å². The molecule has 1 aromatic carbocycles. The Bertz CT molecular complexity index is 297. The molecule has 0 spiro atoms. The number of ether oxygens (including phenoxy) is 1. The zero-order chi connectivity index (χ0) is 13.8. The molecule has 0 amide bonds. The maximum Gasteiger partial charge on any atom is 0.127 e. The number of benzene rings is 1. The molecule has 1 radical (unpaired) electrons. The highest BCUT2D eigenvalue weighted by Crippen LogP contribution is 2.12. The summed E-state index contributed by atoms with van der Waals surface area (Å²) in [6.07, 6.45) is 8.94. The topological polar surface area (TPSA) is 29.1 Å². The van der Waals surface area contributed by atoms with Gasteiger partial charge in [-0.2, -0.15) is 0 Å². The third-order valence-electron chi connectivity index (χ3n) is 3.31. The first-order valence-electron chi connectivity index (χ1n) is 7.66. The Morgan fingerprint density at radius 3 is 2.26 bits per heavy atom.